The number of aromatic carboxylic acids is 1. The van der Waals surface area contributed by atoms with Gasteiger partial charge in [-0.1, -0.05) is 83.0 Å². The quantitative estimate of drug-likeness (QED) is 0.255. The summed E-state index contributed by atoms with van der Waals surface area (Å²) in [6.07, 6.45) is 7.96. The van der Waals surface area contributed by atoms with Crippen molar-refractivity contribution < 1.29 is 9.90 Å². The number of benzene rings is 3. The van der Waals surface area contributed by atoms with Crippen molar-refractivity contribution >= 4 is 59.4 Å². The molecular formula is C23H24Br2O2. The highest BCUT2D eigenvalue weighted by atomic mass is 79.9. The second-order valence-corrected chi connectivity index (χ2v) is 8.89. The number of rotatable bonds is 8. The van der Waals surface area contributed by atoms with Gasteiger partial charge in [0.2, 0.25) is 0 Å². The molecule has 1 N–H and O–H groups in total. The fourth-order valence-corrected chi connectivity index (χ4v) is 4.56. The van der Waals surface area contributed by atoms with E-state index in [1.54, 1.807) is 0 Å². The van der Waals surface area contributed by atoms with Crippen LogP contribution in [0.3, 0.4) is 0 Å². The van der Waals surface area contributed by atoms with Crippen molar-refractivity contribution in [1.29, 1.82) is 0 Å². The minimum Gasteiger partial charge on any atom is -0.478 e. The molecule has 4 heteroatoms. The van der Waals surface area contributed by atoms with Crippen molar-refractivity contribution in [3.8, 4) is 0 Å². The lowest BCUT2D eigenvalue weighted by atomic mass is 9.89. The number of hydrogen-bond acceptors (Lipinski definition) is 1. The number of halogens is 2. The van der Waals surface area contributed by atoms with Crippen molar-refractivity contribution in [2.45, 2.75) is 51.9 Å². The molecule has 0 bridgehead atoms. The van der Waals surface area contributed by atoms with Crippen molar-refractivity contribution in [2.24, 2.45) is 0 Å². The van der Waals surface area contributed by atoms with Gasteiger partial charge in [-0.2, -0.15) is 0 Å². The number of unbranched alkanes of at least 4 members (excludes halogenated alkanes) is 5. The molecule has 3 rings (SSSR count). The van der Waals surface area contributed by atoms with Crippen LogP contribution in [0.1, 0.15) is 61.4 Å². The third-order valence-corrected chi connectivity index (χ3v) is 6.13. The molecule has 0 fully saturated rings. The topological polar surface area (TPSA) is 37.3 Å². The van der Waals surface area contributed by atoms with Gasteiger partial charge in [-0.05, 0) is 64.2 Å². The fourth-order valence-electron chi connectivity index (χ4n) is 3.84. The zero-order chi connectivity index (χ0) is 19.4. The molecule has 0 heterocycles. The summed E-state index contributed by atoms with van der Waals surface area (Å²) >= 11 is 7.06. The second-order valence-electron chi connectivity index (χ2n) is 7.06. The van der Waals surface area contributed by atoms with Crippen LogP contribution in [0.25, 0.3) is 21.5 Å². The highest BCUT2D eigenvalue weighted by Gasteiger charge is 2.19. The maximum Gasteiger partial charge on any atom is 0.336 e. The Morgan fingerprint density at radius 3 is 2.00 bits per heavy atom. The summed E-state index contributed by atoms with van der Waals surface area (Å²) in [7, 11) is 0. The molecule has 142 valence electrons. The van der Waals surface area contributed by atoms with Gasteiger partial charge in [-0.3, -0.25) is 0 Å². The number of aryl methyl sites for hydroxylation is 1. The molecule has 0 aromatic heterocycles. The summed E-state index contributed by atoms with van der Waals surface area (Å²) in [5.41, 5.74) is 1.41. The van der Waals surface area contributed by atoms with Crippen LogP contribution >= 0.6 is 31.9 Å². The van der Waals surface area contributed by atoms with Gasteiger partial charge in [0.15, 0.2) is 0 Å². The number of fused-ring (bicyclic) bond motifs is 3. The van der Waals surface area contributed by atoms with Crippen molar-refractivity contribution in [3.63, 3.8) is 0 Å². The molecule has 27 heavy (non-hydrogen) atoms. The highest BCUT2D eigenvalue weighted by molar-refractivity contribution is 9.10. The molecule has 0 unspecified atom stereocenters. The van der Waals surface area contributed by atoms with E-state index in [0.717, 1.165) is 55.3 Å². The first-order valence-corrected chi connectivity index (χ1v) is 11.2. The first-order valence-electron chi connectivity index (χ1n) is 9.59. The number of carbonyl (C=O) groups is 1. The van der Waals surface area contributed by atoms with Gasteiger partial charge in [0.25, 0.3) is 0 Å². The SMILES string of the molecule is CCCCCCCCc1c(C(=O)O)c2cc(Br)ccc2c2ccc(Br)cc12. The molecule has 0 radical (unpaired) electrons. The van der Waals surface area contributed by atoms with Crippen LogP contribution in [-0.2, 0) is 6.42 Å². The van der Waals surface area contributed by atoms with Crippen LogP contribution in [0.2, 0.25) is 0 Å². The van der Waals surface area contributed by atoms with Crippen LogP contribution in [0.15, 0.2) is 45.3 Å². The standard InChI is InChI=1S/C23H24Br2O2/c1-2-3-4-5-6-7-8-19-20-13-15(24)9-11-17(20)18-12-10-16(25)14-21(18)22(19)23(26)27/h9-14H,2-8H2,1H3,(H,26,27). The Morgan fingerprint density at radius 1 is 0.815 bits per heavy atom. The zero-order valence-corrected chi connectivity index (χ0v) is 18.7. The molecular weight excluding hydrogens is 468 g/mol. The molecule has 0 spiro atoms. The van der Waals surface area contributed by atoms with Gasteiger partial charge in [-0.15, -0.1) is 0 Å². The summed E-state index contributed by atoms with van der Waals surface area (Å²) in [6.45, 7) is 2.22. The Hall–Kier alpha value is -1.39. The monoisotopic (exact) mass is 490 g/mol. The molecule has 2 nitrogen and oxygen atoms in total. The lowest BCUT2D eigenvalue weighted by Gasteiger charge is -2.16. The average Bonchev–Trinajstić information content (AvgIpc) is 2.63. The summed E-state index contributed by atoms with van der Waals surface area (Å²) in [4.78, 5) is 12.2. The molecule has 3 aromatic carbocycles. The van der Waals surface area contributed by atoms with Gasteiger partial charge in [-0.25, -0.2) is 4.79 Å². The molecule has 0 aliphatic heterocycles. The maximum atomic E-state index is 12.2. The number of hydrogen-bond donors (Lipinski definition) is 1. The first-order chi connectivity index (χ1) is 13.0. The third kappa shape index (κ3) is 4.55. The molecule has 0 aliphatic rings. The van der Waals surface area contributed by atoms with E-state index in [2.05, 4.69) is 50.9 Å². The zero-order valence-electron chi connectivity index (χ0n) is 15.5. The van der Waals surface area contributed by atoms with Crippen LogP contribution < -0.4 is 0 Å². The van der Waals surface area contributed by atoms with E-state index in [9.17, 15) is 9.90 Å². The first kappa shape index (κ1) is 20.3. The predicted molar refractivity (Wildman–Crippen MR) is 121 cm³/mol. The van der Waals surface area contributed by atoms with Crippen LogP contribution in [0.4, 0.5) is 0 Å². The molecule has 0 saturated heterocycles. The van der Waals surface area contributed by atoms with Crippen LogP contribution in [0.5, 0.6) is 0 Å². The van der Waals surface area contributed by atoms with Crippen LogP contribution in [-0.4, -0.2) is 11.1 Å². The summed E-state index contributed by atoms with van der Waals surface area (Å²) < 4.78 is 1.88. The van der Waals surface area contributed by atoms with Crippen molar-refractivity contribution in [3.05, 3.63) is 56.5 Å². The van der Waals surface area contributed by atoms with Crippen molar-refractivity contribution in [1.82, 2.24) is 0 Å². The van der Waals surface area contributed by atoms with Gasteiger partial charge in [0.1, 0.15) is 0 Å². The fraction of sp³-hybridized carbons (Fsp3) is 0.348. The minimum atomic E-state index is -0.846. The molecule has 3 aromatic rings. The lowest BCUT2D eigenvalue weighted by molar-refractivity contribution is 0.0698. The Morgan fingerprint density at radius 2 is 1.37 bits per heavy atom. The van der Waals surface area contributed by atoms with Crippen LogP contribution in [0, 0.1) is 0 Å². The summed E-state index contributed by atoms with van der Waals surface area (Å²) in [6, 6.07) is 12.1. The van der Waals surface area contributed by atoms with E-state index in [0.29, 0.717) is 5.56 Å². The molecule has 0 atom stereocenters. The smallest absolute Gasteiger partial charge is 0.336 e. The maximum absolute atomic E-state index is 12.2. The number of carboxylic acids is 1. The van der Waals surface area contributed by atoms with E-state index < -0.39 is 5.97 Å². The van der Waals surface area contributed by atoms with E-state index in [4.69, 9.17) is 0 Å². The van der Waals surface area contributed by atoms with Gasteiger partial charge in [0, 0.05) is 8.95 Å². The van der Waals surface area contributed by atoms with Gasteiger partial charge >= 0.3 is 5.97 Å². The Kier molecular flexibility index (Phi) is 6.93. The Labute approximate surface area is 177 Å². The van der Waals surface area contributed by atoms with E-state index in [-0.39, 0.29) is 0 Å². The molecule has 0 saturated carbocycles. The van der Waals surface area contributed by atoms with Gasteiger partial charge in [0.05, 0.1) is 5.56 Å². The predicted octanol–water partition coefficient (Wildman–Crippen LogP) is 8.12. The highest BCUT2D eigenvalue weighted by Crippen LogP contribution is 2.36. The summed E-state index contributed by atoms with van der Waals surface area (Å²) in [5.74, 6) is -0.846. The lowest BCUT2D eigenvalue weighted by Crippen LogP contribution is -2.05. The third-order valence-electron chi connectivity index (χ3n) is 5.14. The minimum absolute atomic E-state index is 0.449. The summed E-state index contributed by atoms with van der Waals surface area (Å²) in [5, 5.41) is 14.0. The molecule has 0 amide bonds. The molecule has 0 aliphatic carbocycles. The number of carboxylic acid groups (broad SMARTS) is 1. The van der Waals surface area contributed by atoms with E-state index >= 15 is 0 Å². The van der Waals surface area contributed by atoms with E-state index in [1.807, 2.05) is 24.3 Å². The Bertz CT molecular complexity index is 979. The normalized spacial score (nSPS) is 11.4. The Balaban J connectivity index is 2.11. The largest absolute Gasteiger partial charge is 0.478 e. The van der Waals surface area contributed by atoms with E-state index in [1.165, 1.54) is 25.7 Å². The average molecular weight is 492 g/mol. The van der Waals surface area contributed by atoms with Gasteiger partial charge < -0.3 is 5.11 Å². The van der Waals surface area contributed by atoms with Crippen molar-refractivity contribution in [2.75, 3.05) is 0 Å². The second kappa shape index (κ2) is 9.20.